The van der Waals surface area contributed by atoms with Crippen LogP contribution >= 0.6 is 0 Å². The third-order valence-corrected chi connectivity index (χ3v) is 6.70. The Morgan fingerprint density at radius 1 is 1.15 bits per heavy atom. The number of carbonyl (C=O) groups excluding carboxylic acids is 3. The normalized spacial score (nSPS) is 25.3. The fourth-order valence-electron chi connectivity index (χ4n) is 5.00. The van der Waals surface area contributed by atoms with E-state index < -0.39 is 0 Å². The number of fused-ring (bicyclic) bond motifs is 2. The summed E-state index contributed by atoms with van der Waals surface area (Å²) in [6.07, 6.45) is 5.74. The largest absolute Gasteiger partial charge is 0.490 e. The Kier molecular flexibility index (Phi) is 7.49. The molecular formula is C24H33N3O6. The highest BCUT2D eigenvalue weighted by atomic mass is 16.5. The van der Waals surface area contributed by atoms with Crippen LogP contribution in [0.1, 0.15) is 55.3 Å². The van der Waals surface area contributed by atoms with Crippen LogP contribution in [0.3, 0.4) is 0 Å². The number of nitrogens with zero attached hydrogens (tertiary/aromatic N) is 1. The minimum Gasteiger partial charge on any atom is -0.490 e. The van der Waals surface area contributed by atoms with Gasteiger partial charge < -0.3 is 29.7 Å². The Morgan fingerprint density at radius 2 is 1.94 bits per heavy atom. The third-order valence-electron chi connectivity index (χ3n) is 6.70. The van der Waals surface area contributed by atoms with Gasteiger partial charge in [0, 0.05) is 25.9 Å². The van der Waals surface area contributed by atoms with Gasteiger partial charge in [0.25, 0.3) is 5.91 Å². The molecule has 0 aromatic heterocycles. The summed E-state index contributed by atoms with van der Waals surface area (Å²) in [7, 11) is 3.21. The zero-order chi connectivity index (χ0) is 23.4. The SMILES string of the molecule is COCC(=O)Nc1ccc2c(c1)C(=O)N(C)[C@H]1CC[C@@H](CC(=O)NC3CCCC3)O[C@H]1CO2. The topological polar surface area (TPSA) is 106 Å². The number of nitrogens with one attached hydrogen (secondary N) is 2. The lowest BCUT2D eigenvalue weighted by atomic mass is 9.94. The molecule has 3 amide bonds. The van der Waals surface area contributed by atoms with Crippen molar-refractivity contribution in [3.05, 3.63) is 23.8 Å². The van der Waals surface area contributed by atoms with Gasteiger partial charge in [-0.15, -0.1) is 0 Å². The number of rotatable bonds is 6. The van der Waals surface area contributed by atoms with Gasteiger partial charge in [-0.3, -0.25) is 14.4 Å². The Labute approximate surface area is 194 Å². The average molecular weight is 460 g/mol. The molecule has 2 aliphatic heterocycles. The molecule has 1 saturated heterocycles. The number of hydrogen-bond donors (Lipinski definition) is 2. The van der Waals surface area contributed by atoms with Gasteiger partial charge in [-0.05, 0) is 43.9 Å². The average Bonchev–Trinajstić information content (AvgIpc) is 3.29. The molecule has 2 heterocycles. The molecule has 1 saturated carbocycles. The van der Waals surface area contributed by atoms with Crippen molar-refractivity contribution in [3.63, 3.8) is 0 Å². The summed E-state index contributed by atoms with van der Waals surface area (Å²) >= 11 is 0. The van der Waals surface area contributed by atoms with Crippen LogP contribution < -0.4 is 15.4 Å². The number of benzene rings is 1. The Balaban J connectivity index is 1.41. The second-order valence-corrected chi connectivity index (χ2v) is 9.11. The molecule has 3 aliphatic rings. The molecule has 1 aliphatic carbocycles. The van der Waals surface area contributed by atoms with Gasteiger partial charge in [-0.1, -0.05) is 12.8 Å². The second-order valence-electron chi connectivity index (χ2n) is 9.11. The van der Waals surface area contributed by atoms with Crippen LogP contribution in [-0.2, 0) is 19.1 Å². The highest BCUT2D eigenvalue weighted by Gasteiger charge is 2.39. The van der Waals surface area contributed by atoms with Crippen LogP contribution in [0.15, 0.2) is 18.2 Å². The van der Waals surface area contributed by atoms with E-state index in [0.29, 0.717) is 35.9 Å². The molecule has 2 fully saturated rings. The van der Waals surface area contributed by atoms with Crippen LogP contribution in [0, 0.1) is 0 Å². The van der Waals surface area contributed by atoms with Gasteiger partial charge in [0.05, 0.1) is 24.1 Å². The first-order valence-corrected chi connectivity index (χ1v) is 11.7. The highest BCUT2D eigenvalue weighted by molar-refractivity contribution is 6.00. The molecule has 9 nitrogen and oxygen atoms in total. The summed E-state index contributed by atoms with van der Waals surface area (Å²) in [6, 6.07) is 5.15. The predicted octanol–water partition coefficient (Wildman–Crippen LogP) is 2.10. The van der Waals surface area contributed by atoms with Gasteiger partial charge in [0.2, 0.25) is 11.8 Å². The molecule has 2 N–H and O–H groups in total. The first-order valence-electron chi connectivity index (χ1n) is 11.7. The summed E-state index contributed by atoms with van der Waals surface area (Å²) in [6.45, 7) is 0.216. The van der Waals surface area contributed by atoms with E-state index in [9.17, 15) is 14.4 Å². The predicted molar refractivity (Wildman–Crippen MR) is 121 cm³/mol. The molecule has 1 aromatic carbocycles. The maximum absolute atomic E-state index is 13.2. The zero-order valence-corrected chi connectivity index (χ0v) is 19.3. The fourth-order valence-corrected chi connectivity index (χ4v) is 5.00. The van der Waals surface area contributed by atoms with Crippen molar-refractivity contribution in [3.8, 4) is 5.75 Å². The van der Waals surface area contributed by atoms with Crippen molar-refractivity contribution >= 4 is 23.4 Å². The van der Waals surface area contributed by atoms with Gasteiger partial charge in [0.1, 0.15) is 25.1 Å². The standard InChI is InChI=1S/C24H33N3O6/c1-27-19-9-8-17(12-22(28)25-15-5-3-4-6-15)33-21(19)13-32-20-10-7-16(11-18(20)24(27)30)26-23(29)14-31-2/h7,10-11,15,17,19,21H,3-6,8-9,12-14H2,1-2H3,(H,25,28)(H,26,29)/t17-,19-,21-/m0/s1. The number of methoxy groups -OCH3 is 1. The van der Waals surface area contributed by atoms with E-state index in [2.05, 4.69) is 10.6 Å². The Hall–Kier alpha value is -2.65. The second kappa shape index (κ2) is 10.5. The molecule has 1 aromatic rings. The minimum atomic E-state index is -0.314. The number of amides is 3. The first kappa shape index (κ1) is 23.5. The summed E-state index contributed by atoms with van der Waals surface area (Å²) < 4.78 is 17.1. The summed E-state index contributed by atoms with van der Waals surface area (Å²) in [5.74, 6) is -0.00739. The molecule has 3 atom stereocenters. The number of hydrogen-bond acceptors (Lipinski definition) is 6. The molecule has 0 unspecified atom stereocenters. The van der Waals surface area contributed by atoms with Crippen LogP contribution in [0.25, 0.3) is 0 Å². The summed E-state index contributed by atoms with van der Waals surface area (Å²) in [5.41, 5.74) is 0.899. The summed E-state index contributed by atoms with van der Waals surface area (Å²) in [4.78, 5) is 39.2. The number of anilines is 1. The van der Waals surface area contributed by atoms with Gasteiger partial charge in [0.15, 0.2) is 0 Å². The van der Waals surface area contributed by atoms with Crippen molar-refractivity contribution in [1.82, 2.24) is 10.2 Å². The molecule has 33 heavy (non-hydrogen) atoms. The maximum Gasteiger partial charge on any atom is 0.257 e. The lowest BCUT2D eigenvalue weighted by Crippen LogP contribution is -2.54. The molecule has 9 heteroatoms. The van der Waals surface area contributed by atoms with Gasteiger partial charge in [-0.2, -0.15) is 0 Å². The summed E-state index contributed by atoms with van der Waals surface area (Å²) in [5, 5.41) is 5.84. The molecule has 4 rings (SSSR count). The Bertz CT molecular complexity index is 885. The molecule has 0 radical (unpaired) electrons. The van der Waals surface area contributed by atoms with Crippen molar-refractivity contribution in [2.24, 2.45) is 0 Å². The highest BCUT2D eigenvalue weighted by Crippen LogP contribution is 2.32. The zero-order valence-electron chi connectivity index (χ0n) is 19.3. The Morgan fingerprint density at radius 3 is 2.70 bits per heavy atom. The number of carbonyl (C=O) groups is 3. The smallest absolute Gasteiger partial charge is 0.257 e. The van der Waals surface area contributed by atoms with Crippen LogP contribution in [0.2, 0.25) is 0 Å². The van der Waals surface area contributed by atoms with Crippen LogP contribution in [0.4, 0.5) is 5.69 Å². The van der Waals surface area contributed by atoms with Crippen molar-refractivity contribution < 1.29 is 28.6 Å². The molecule has 180 valence electrons. The third kappa shape index (κ3) is 5.65. The van der Waals surface area contributed by atoms with Crippen molar-refractivity contribution in [2.45, 2.75) is 69.2 Å². The quantitative estimate of drug-likeness (QED) is 0.675. The van der Waals surface area contributed by atoms with E-state index >= 15 is 0 Å². The van der Waals surface area contributed by atoms with E-state index in [-0.39, 0.29) is 49.2 Å². The monoisotopic (exact) mass is 459 g/mol. The van der Waals surface area contributed by atoms with Crippen LogP contribution in [-0.4, -0.2) is 74.3 Å². The lowest BCUT2D eigenvalue weighted by molar-refractivity contribution is -0.134. The van der Waals surface area contributed by atoms with E-state index in [1.807, 2.05) is 0 Å². The first-order chi connectivity index (χ1) is 15.9. The van der Waals surface area contributed by atoms with Crippen molar-refractivity contribution in [1.29, 1.82) is 0 Å². The maximum atomic E-state index is 13.2. The van der Waals surface area contributed by atoms with Crippen molar-refractivity contribution in [2.75, 3.05) is 32.7 Å². The van der Waals surface area contributed by atoms with E-state index in [4.69, 9.17) is 14.2 Å². The van der Waals surface area contributed by atoms with E-state index in [0.717, 1.165) is 19.3 Å². The van der Waals surface area contributed by atoms with Gasteiger partial charge in [-0.25, -0.2) is 0 Å². The molecule has 0 spiro atoms. The molecular weight excluding hydrogens is 426 g/mol. The number of ether oxygens (including phenoxy) is 3. The van der Waals surface area contributed by atoms with E-state index in [1.165, 1.54) is 20.0 Å². The number of likely N-dealkylation sites (N-methyl/N-ethyl adjacent to an activating group) is 1. The lowest BCUT2D eigenvalue weighted by Gasteiger charge is -2.42. The minimum absolute atomic E-state index is 0.0370. The van der Waals surface area contributed by atoms with E-state index in [1.54, 1.807) is 30.1 Å². The van der Waals surface area contributed by atoms with Gasteiger partial charge >= 0.3 is 0 Å². The van der Waals surface area contributed by atoms with Crippen LogP contribution in [0.5, 0.6) is 5.75 Å². The molecule has 0 bridgehead atoms. The fraction of sp³-hybridized carbons (Fsp3) is 0.625.